The smallest absolute Gasteiger partial charge is 0.250 e. The molecule has 5 heteroatoms. The summed E-state index contributed by atoms with van der Waals surface area (Å²) >= 11 is 5.97. The zero-order valence-corrected chi connectivity index (χ0v) is 12.0. The third kappa shape index (κ3) is 3.61. The highest BCUT2D eigenvalue weighted by Gasteiger charge is 2.03. The molecule has 1 heterocycles. The standard InChI is InChI=1S/C15H16ClFN2O/c1-2-7-19-10-13(5-6-15(19)20)18-9-11-3-4-12(17)8-14(11)16/h3-6,8,10,18H,2,7,9H2,1H3. The fraction of sp³-hybridized carbons (Fsp3) is 0.267. The molecule has 0 radical (unpaired) electrons. The summed E-state index contributed by atoms with van der Waals surface area (Å²) in [5.74, 6) is -0.352. The van der Waals surface area contributed by atoms with E-state index in [1.54, 1.807) is 22.9 Å². The molecule has 0 amide bonds. The highest BCUT2D eigenvalue weighted by atomic mass is 35.5. The Labute approximate surface area is 122 Å². The van der Waals surface area contributed by atoms with Crippen LogP contribution in [0.3, 0.4) is 0 Å². The van der Waals surface area contributed by atoms with Crippen LogP contribution in [0.25, 0.3) is 0 Å². The molecular formula is C15H16ClFN2O. The SMILES string of the molecule is CCCn1cc(NCc2ccc(F)cc2Cl)ccc1=O. The molecular weight excluding hydrogens is 279 g/mol. The van der Waals surface area contributed by atoms with Gasteiger partial charge in [-0.3, -0.25) is 4.79 Å². The number of hydrogen-bond donors (Lipinski definition) is 1. The van der Waals surface area contributed by atoms with Gasteiger partial charge in [0.25, 0.3) is 5.56 Å². The minimum atomic E-state index is -0.352. The monoisotopic (exact) mass is 294 g/mol. The molecule has 0 spiro atoms. The van der Waals surface area contributed by atoms with E-state index in [1.165, 1.54) is 18.2 Å². The fourth-order valence-electron chi connectivity index (χ4n) is 1.91. The molecule has 20 heavy (non-hydrogen) atoms. The molecule has 0 bridgehead atoms. The van der Waals surface area contributed by atoms with Gasteiger partial charge in [0.15, 0.2) is 0 Å². The summed E-state index contributed by atoms with van der Waals surface area (Å²) in [5.41, 5.74) is 1.62. The summed E-state index contributed by atoms with van der Waals surface area (Å²) < 4.78 is 14.6. The number of nitrogens with zero attached hydrogens (tertiary/aromatic N) is 1. The van der Waals surface area contributed by atoms with Crippen molar-refractivity contribution in [3.05, 3.63) is 63.3 Å². The van der Waals surface area contributed by atoms with Crippen LogP contribution in [0.2, 0.25) is 5.02 Å². The van der Waals surface area contributed by atoms with Crippen LogP contribution < -0.4 is 10.9 Å². The molecule has 0 unspecified atom stereocenters. The Bertz CT molecular complexity index is 655. The van der Waals surface area contributed by atoms with Crippen molar-refractivity contribution in [3.8, 4) is 0 Å². The maximum atomic E-state index is 12.9. The normalized spacial score (nSPS) is 10.6. The topological polar surface area (TPSA) is 34.0 Å². The van der Waals surface area contributed by atoms with Gasteiger partial charge in [-0.2, -0.15) is 0 Å². The van der Waals surface area contributed by atoms with Gasteiger partial charge in [0.1, 0.15) is 5.82 Å². The van der Waals surface area contributed by atoms with Gasteiger partial charge < -0.3 is 9.88 Å². The van der Waals surface area contributed by atoms with Crippen LogP contribution in [0.1, 0.15) is 18.9 Å². The first-order valence-corrected chi connectivity index (χ1v) is 6.86. The Balaban J connectivity index is 2.10. The molecule has 0 saturated carbocycles. The first kappa shape index (κ1) is 14.6. The number of rotatable bonds is 5. The molecule has 1 aromatic heterocycles. The van der Waals surface area contributed by atoms with Crippen molar-refractivity contribution in [1.29, 1.82) is 0 Å². The Hall–Kier alpha value is -1.81. The average molecular weight is 295 g/mol. The summed E-state index contributed by atoms with van der Waals surface area (Å²) in [6, 6.07) is 7.57. The molecule has 0 aliphatic rings. The fourth-order valence-corrected chi connectivity index (χ4v) is 2.15. The minimum absolute atomic E-state index is 0.0165. The van der Waals surface area contributed by atoms with Gasteiger partial charge in [0.05, 0.1) is 5.69 Å². The van der Waals surface area contributed by atoms with Crippen molar-refractivity contribution in [2.24, 2.45) is 0 Å². The van der Waals surface area contributed by atoms with E-state index in [0.717, 1.165) is 17.7 Å². The Kier molecular flexibility index (Phi) is 4.79. The number of aromatic nitrogens is 1. The first-order valence-electron chi connectivity index (χ1n) is 6.48. The number of halogens is 2. The van der Waals surface area contributed by atoms with Gasteiger partial charge in [0, 0.05) is 30.4 Å². The van der Waals surface area contributed by atoms with E-state index in [9.17, 15) is 9.18 Å². The molecule has 106 valence electrons. The largest absolute Gasteiger partial charge is 0.380 e. The number of aryl methyl sites for hydroxylation is 1. The summed E-state index contributed by atoms with van der Waals surface area (Å²) in [4.78, 5) is 11.6. The lowest BCUT2D eigenvalue weighted by Crippen LogP contribution is -2.18. The van der Waals surface area contributed by atoms with Gasteiger partial charge in [-0.25, -0.2) is 4.39 Å². The van der Waals surface area contributed by atoms with Crippen molar-refractivity contribution >= 4 is 17.3 Å². The van der Waals surface area contributed by atoms with Crippen LogP contribution >= 0.6 is 11.6 Å². The zero-order chi connectivity index (χ0) is 14.5. The third-order valence-corrected chi connectivity index (χ3v) is 3.30. The van der Waals surface area contributed by atoms with Crippen LogP contribution in [-0.4, -0.2) is 4.57 Å². The highest BCUT2D eigenvalue weighted by Crippen LogP contribution is 2.18. The molecule has 2 aromatic rings. The second-order valence-electron chi connectivity index (χ2n) is 4.54. The van der Waals surface area contributed by atoms with E-state index < -0.39 is 0 Å². The number of nitrogens with one attached hydrogen (secondary N) is 1. The zero-order valence-electron chi connectivity index (χ0n) is 11.2. The summed E-state index contributed by atoms with van der Waals surface area (Å²) in [7, 11) is 0. The van der Waals surface area contributed by atoms with E-state index in [2.05, 4.69) is 5.32 Å². The molecule has 0 aliphatic carbocycles. The van der Waals surface area contributed by atoms with E-state index in [-0.39, 0.29) is 11.4 Å². The molecule has 0 fully saturated rings. The third-order valence-electron chi connectivity index (χ3n) is 2.95. The van der Waals surface area contributed by atoms with Crippen LogP contribution in [0.15, 0.2) is 41.3 Å². The van der Waals surface area contributed by atoms with Crippen molar-refractivity contribution in [1.82, 2.24) is 4.57 Å². The summed E-state index contributed by atoms with van der Waals surface area (Å²) in [6.07, 6.45) is 2.68. The Morgan fingerprint density at radius 2 is 2.10 bits per heavy atom. The predicted octanol–water partition coefficient (Wildman–Crippen LogP) is 3.66. The molecule has 0 atom stereocenters. The van der Waals surface area contributed by atoms with Crippen molar-refractivity contribution in [3.63, 3.8) is 0 Å². The van der Waals surface area contributed by atoms with Crippen LogP contribution in [0.5, 0.6) is 0 Å². The van der Waals surface area contributed by atoms with Crippen molar-refractivity contribution in [2.75, 3.05) is 5.32 Å². The maximum absolute atomic E-state index is 12.9. The number of anilines is 1. The van der Waals surface area contributed by atoms with Gasteiger partial charge in [-0.05, 0) is 30.2 Å². The second-order valence-corrected chi connectivity index (χ2v) is 4.95. The lowest BCUT2D eigenvalue weighted by molar-refractivity contribution is 0.627. The second kappa shape index (κ2) is 6.57. The molecule has 2 rings (SSSR count). The van der Waals surface area contributed by atoms with E-state index in [4.69, 9.17) is 11.6 Å². The van der Waals surface area contributed by atoms with E-state index >= 15 is 0 Å². The number of hydrogen-bond acceptors (Lipinski definition) is 2. The summed E-state index contributed by atoms with van der Waals surface area (Å²) in [5, 5.41) is 3.57. The molecule has 0 aliphatic heterocycles. The summed E-state index contributed by atoms with van der Waals surface area (Å²) in [6.45, 7) is 3.18. The van der Waals surface area contributed by atoms with Gasteiger partial charge in [0.2, 0.25) is 0 Å². The maximum Gasteiger partial charge on any atom is 0.250 e. The lowest BCUT2D eigenvalue weighted by Gasteiger charge is -2.10. The van der Waals surface area contributed by atoms with Crippen LogP contribution in [0.4, 0.5) is 10.1 Å². The molecule has 1 N–H and O–H groups in total. The first-order chi connectivity index (χ1) is 9.60. The lowest BCUT2D eigenvalue weighted by atomic mass is 10.2. The number of benzene rings is 1. The molecule has 1 aromatic carbocycles. The van der Waals surface area contributed by atoms with E-state index in [1.807, 2.05) is 6.92 Å². The average Bonchev–Trinajstić information content (AvgIpc) is 2.41. The van der Waals surface area contributed by atoms with Gasteiger partial charge in [-0.1, -0.05) is 24.6 Å². The highest BCUT2D eigenvalue weighted by molar-refractivity contribution is 6.31. The van der Waals surface area contributed by atoms with Crippen molar-refractivity contribution in [2.45, 2.75) is 26.4 Å². The predicted molar refractivity (Wildman–Crippen MR) is 79.7 cm³/mol. The van der Waals surface area contributed by atoms with Gasteiger partial charge in [-0.15, -0.1) is 0 Å². The Morgan fingerprint density at radius 1 is 1.30 bits per heavy atom. The Morgan fingerprint density at radius 3 is 2.80 bits per heavy atom. The minimum Gasteiger partial charge on any atom is -0.380 e. The molecule has 0 saturated heterocycles. The van der Waals surface area contributed by atoms with Crippen LogP contribution in [-0.2, 0) is 13.1 Å². The number of pyridine rings is 1. The molecule has 3 nitrogen and oxygen atoms in total. The quantitative estimate of drug-likeness (QED) is 0.913. The van der Waals surface area contributed by atoms with E-state index in [0.29, 0.717) is 18.1 Å². The van der Waals surface area contributed by atoms with Crippen molar-refractivity contribution < 1.29 is 4.39 Å². The van der Waals surface area contributed by atoms with Gasteiger partial charge >= 0.3 is 0 Å². The van der Waals surface area contributed by atoms with Crippen LogP contribution in [0, 0.1) is 5.82 Å².